The number of anilines is 1. The van der Waals surface area contributed by atoms with Crippen molar-refractivity contribution in [2.24, 2.45) is 5.92 Å². The van der Waals surface area contributed by atoms with Crippen molar-refractivity contribution >= 4 is 22.8 Å². The van der Waals surface area contributed by atoms with E-state index >= 15 is 0 Å². The lowest BCUT2D eigenvalue weighted by Gasteiger charge is -2.31. The second kappa shape index (κ2) is 10.6. The number of nitrogens with zero attached hydrogens (tertiary/aromatic N) is 6. The third-order valence-electron chi connectivity index (χ3n) is 6.67. The third kappa shape index (κ3) is 5.40. The fourth-order valence-corrected chi connectivity index (χ4v) is 4.64. The topological polar surface area (TPSA) is 139 Å². The minimum atomic E-state index is -0.233. The van der Waals surface area contributed by atoms with Crippen molar-refractivity contribution in [3.63, 3.8) is 0 Å². The average molecular weight is 482 g/mol. The van der Waals surface area contributed by atoms with Gasteiger partial charge in [-0.1, -0.05) is 6.92 Å². The normalized spacial score (nSPS) is 19.8. The molecular formula is C24H31N7O4. The number of nitrogens with one attached hydrogen (secondary N) is 1. The number of aliphatic hydroxyl groups excluding tert-OH is 1. The zero-order chi connectivity index (χ0) is 24.2. The van der Waals surface area contributed by atoms with Gasteiger partial charge in [0.05, 0.1) is 6.10 Å². The van der Waals surface area contributed by atoms with Crippen molar-refractivity contribution in [1.29, 1.82) is 0 Å². The van der Waals surface area contributed by atoms with E-state index in [4.69, 9.17) is 9.47 Å². The lowest BCUT2D eigenvalue weighted by Crippen LogP contribution is -2.35. The molecule has 2 atom stereocenters. The van der Waals surface area contributed by atoms with Crippen LogP contribution in [0.1, 0.15) is 61.3 Å². The zero-order valence-electron chi connectivity index (χ0n) is 19.9. The molecule has 5 rings (SSSR count). The van der Waals surface area contributed by atoms with Crippen LogP contribution in [0.2, 0.25) is 0 Å². The number of carbonyl (C=O) groups is 1. The minimum Gasteiger partial charge on any atom is -0.461 e. The van der Waals surface area contributed by atoms with Gasteiger partial charge in [0.2, 0.25) is 17.6 Å². The molecule has 186 valence electrons. The maximum atomic E-state index is 12.8. The second-order valence-electron chi connectivity index (χ2n) is 9.38. The number of ketones is 1. The average Bonchev–Trinajstić information content (AvgIpc) is 3.57. The van der Waals surface area contributed by atoms with Crippen LogP contribution in [0.4, 0.5) is 5.95 Å². The fraction of sp³-hybridized carbons (Fsp3) is 0.583. The van der Waals surface area contributed by atoms with Gasteiger partial charge in [-0.2, -0.15) is 20.1 Å². The molecule has 2 aliphatic rings. The van der Waals surface area contributed by atoms with E-state index < -0.39 is 0 Å². The van der Waals surface area contributed by atoms with Gasteiger partial charge >= 0.3 is 6.01 Å². The Morgan fingerprint density at radius 1 is 1.29 bits per heavy atom. The van der Waals surface area contributed by atoms with Gasteiger partial charge in [0.25, 0.3) is 0 Å². The van der Waals surface area contributed by atoms with Crippen LogP contribution in [0.25, 0.3) is 11.0 Å². The van der Waals surface area contributed by atoms with Gasteiger partial charge in [0, 0.05) is 55.9 Å². The molecule has 0 aromatic carbocycles. The Balaban J connectivity index is 1.32. The Hall–Kier alpha value is -3.18. The monoisotopic (exact) mass is 481 g/mol. The largest absolute Gasteiger partial charge is 0.461 e. The predicted molar refractivity (Wildman–Crippen MR) is 128 cm³/mol. The van der Waals surface area contributed by atoms with Gasteiger partial charge in [0.1, 0.15) is 6.61 Å². The highest BCUT2D eigenvalue weighted by atomic mass is 16.5. The number of aromatic amines is 1. The summed E-state index contributed by atoms with van der Waals surface area (Å²) in [5, 5.41) is 17.9. The smallest absolute Gasteiger partial charge is 0.321 e. The number of rotatable bonds is 9. The summed E-state index contributed by atoms with van der Waals surface area (Å²) in [6.07, 6.45) is 5.63. The van der Waals surface area contributed by atoms with E-state index in [1.165, 1.54) is 0 Å². The number of H-pyrrole nitrogens is 1. The van der Waals surface area contributed by atoms with Crippen LogP contribution in [-0.2, 0) is 4.74 Å². The first kappa shape index (κ1) is 23.6. The summed E-state index contributed by atoms with van der Waals surface area (Å²) in [6, 6.07) is 4.11. The summed E-state index contributed by atoms with van der Waals surface area (Å²) >= 11 is 0. The number of fused-ring (bicyclic) bond motifs is 1. The lowest BCUT2D eigenvalue weighted by atomic mass is 9.92. The summed E-state index contributed by atoms with van der Waals surface area (Å²) < 4.78 is 11.5. The summed E-state index contributed by atoms with van der Waals surface area (Å²) in [5.41, 5.74) is 1.84. The Kier molecular flexibility index (Phi) is 7.14. The SMILES string of the molecule is C[C@H](CO)CC(=O)c1nc(OC[C@H]2CCCO2)nc(N2CCC(c3[nH]nc4ncccc34)CC2)n1. The quantitative estimate of drug-likeness (QED) is 0.438. The highest BCUT2D eigenvalue weighted by molar-refractivity contribution is 5.92. The van der Waals surface area contributed by atoms with Gasteiger partial charge in [-0.05, 0) is 43.7 Å². The maximum absolute atomic E-state index is 12.8. The van der Waals surface area contributed by atoms with E-state index in [0.29, 0.717) is 18.5 Å². The summed E-state index contributed by atoms with van der Waals surface area (Å²) in [4.78, 5) is 32.5. The molecule has 5 heterocycles. The fourth-order valence-electron chi connectivity index (χ4n) is 4.64. The van der Waals surface area contributed by atoms with Gasteiger partial charge in [-0.15, -0.1) is 0 Å². The molecule has 0 aliphatic carbocycles. The van der Waals surface area contributed by atoms with Crippen LogP contribution in [-0.4, -0.2) is 80.0 Å². The molecule has 2 aliphatic heterocycles. The number of aromatic nitrogens is 6. The Morgan fingerprint density at radius 3 is 2.91 bits per heavy atom. The highest BCUT2D eigenvalue weighted by Crippen LogP contribution is 2.32. The molecule has 2 fully saturated rings. The van der Waals surface area contributed by atoms with Gasteiger partial charge in [-0.3, -0.25) is 9.89 Å². The van der Waals surface area contributed by atoms with Crippen LogP contribution >= 0.6 is 0 Å². The maximum Gasteiger partial charge on any atom is 0.321 e. The summed E-state index contributed by atoms with van der Waals surface area (Å²) in [6.45, 7) is 4.26. The number of Topliss-reactive ketones (excluding diaryl/α,β-unsaturated/α-hetero) is 1. The number of carbonyl (C=O) groups excluding carboxylic acids is 1. The lowest BCUT2D eigenvalue weighted by molar-refractivity contribution is 0.0642. The van der Waals surface area contributed by atoms with Crippen molar-refractivity contribution < 1.29 is 19.4 Å². The zero-order valence-corrected chi connectivity index (χ0v) is 19.9. The number of piperidine rings is 1. The molecule has 0 saturated carbocycles. The molecule has 0 unspecified atom stereocenters. The van der Waals surface area contributed by atoms with Gasteiger partial charge < -0.3 is 19.5 Å². The molecule has 11 nitrogen and oxygen atoms in total. The van der Waals surface area contributed by atoms with E-state index in [1.54, 1.807) is 6.20 Å². The predicted octanol–water partition coefficient (Wildman–Crippen LogP) is 2.29. The molecule has 0 spiro atoms. The number of aliphatic hydroxyl groups is 1. The molecule has 0 bridgehead atoms. The standard InChI is InChI=1S/C24H31N7O4/c1-15(13-32)12-19(33)22-26-23(28-24(27-22)35-14-17-4-3-11-34-17)31-9-6-16(7-10-31)20-18-5-2-8-25-21(18)30-29-20/h2,5,8,15-17,32H,3-4,6-7,9-14H2,1H3,(H,25,29,30)/t15-,17+/m0/s1. The van der Waals surface area contributed by atoms with Crippen LogP contribution in [0, 0.1) is 5.92 Å². The van der Waals surface area contributed by atoms with E-state index in [-0.39, 0.29) is 42.7 Å². The molecule has 35 heavy (non-hydrogen) atoms. The first-order valence-electron chi connectivity index (χ1n) is 12.3. The third-order valence-corrected chi connectivity index (χ3v) is 6.67. The highest BCUT2D eigenvalue weighted by Gasteiger charge is 2.27. The van der Waals surface area contributed by atoms with Crippen molar-refractivity contribution in [3.8, 4) is 6.01 Å². The van der Waals surface area contributed by atoms with Crippen molar-refractivity contribution in [3.05, 3.63) is 29.8 Å². The molecule has 11 heteroatoms. The van der Waals surface area contributed by atoms with Crippen LogP contribution in [0.3, 0.4) is 0 Å². The molecule has 0 radical (unpaired) electrons. The molecule has 0 amide bonds. The minimum absolute atomic E-state index is 0.0123. The van der Waals surface area contributed by atoms with Crippen LogP contribution in [0.15, 0.2) is 18.3 Å². The summed E-state index contributed by atoms with van der Waals surface area (Å²) in [5.74, 6) is 0.434. The van der Waals surface area contributed by atoms with E-state index in [2.05, 4.69) is 35.0 Å². The number of pyridine rings is 1. The van der Waals surface area contributed by atoms with Gasteiger partial charge in [0.15, 0.2) is 5.65 Å². The Bertz CT molecular complexity index is 1160. The Morgan fingerprint density at radius 2 is 2.14 bits per heavy atom. The van der Waals surface area contributed by atoms with E-state index in [0.717, 1.165) is 62.1 Å². The molecular weight excluding hydrogens is 450 g/mol. The number of hydrogen-bond acceptors (Lipinski definition) is 10. The van der Waals surface area contributed by atoms with Crippen molar-refractivity contribution in [2.45, 2.75) is 51.0 Å². The van der Waals surface area contributed by atoms with E-state index in [1.807, 2.05) is 19.1 Å². The first-order chi connectivity index (χ1) is 17.1. The Labute approximate surface area is 203 Å². The van der Waals surface area contributed by atoms with E-state index in [9.17, 15) is 9.90 Å². The van der Waals surface area contributed by atoms with Crippen LogP contribution in [0.5, 0.6) is 6.01 Å². The molecule has 2 saturated heterocycles. The van der Waals surface area contributed by atoms with Gasteiger partial charge in [-0.25, -0.2) is 4.98 Å². The molecule has 3 aromatic rings. The van der Waals surface area contributed by atoms with Crippen molar-refractivity contribution in [1.82, 2.24) is 30.1 Å². The second-order valence-corrected chi connectivity index (χ2v) is 9.38. The molecule has 2 N–H and O–H groups in total. The van der Waals surface area contributed by atoms with Crippen molar-refractivity contribution in [2.75, 3.05) is 37.8 Å². The number of ether oxygens (including phenoxy) is 2. The first-order valence-corrected chi connectivity index (χ1v) is 12.3. The van der Waals surface area contributed by atoms with Crippen LogP contribution < -0.4 is 9.64 Å². The number of hydrogen-bond donors (Lipinski definition) is 2. The summed E-state index contributed by atoms with van der Waals surface area (Å²) in [7, 11) is 0. The molecule has 3 aromatic heterocycles.